The van der Waals surface area contributed by atoms with Gasteiger partial charge in [-0.1, -0.05) is 32.0 Å². The Kier molecular flexibility index (Phi) is 4.06. The third-order valence-electron chi connectivity index (χ3n) is 3.60. The van der Waals surface area contributed by atoms with Crippen molar-refractivity contribution in [2.75, 3.05) is 13.2 Å². The van der Waals surface area contributed by atoms with Gasteiger partial charge in [0.15, 0.2) is 0 Å². The molecule has 94 valence electrons. The predicted molar refractivity (Wildman–Crippen MR) is 71.7 cm³/mol. The first-order valence-corrected chi connectivity index (χ1v) is 6.69. The summed E-state index contributed by atoms with van der Waals surface area (Å²) in [5.41, 5.74) is 8.44. The highest BCUT2D eigenvalue weighted by molar-refractivity contribution is 5.45. The minimum Gasteiger partial charge on any atom is -0.493 e. The Hall–Kier alpha value is -1.02. The van der Waals surface area contributed by atoms with Gasteiger partial charge in [-0.2, -0.15) is 0 Å². The first-order valence-electron chi connectivity index (χ1n) is 6.69. The fourth-order valence-corrected chi connectivity index (χ4v) is 2.68. The Balaban J connectivity index is 2.41. The highest BCUT2D eigenvalue weighted by atomic mass is 16.5. The van der Waals surface area contributed by atoms with Gasteiger partial charge < -0.3 is 10.5 Å². The van der Waals surface area contributed by atoms with E-state index < -0.39 is 0 Å². The molecule has 2 nitrogen and oxygen atoms in total. The molecular weight excluding hydrogens is 210 g/mol. The Morgan fingerprint density at radius 1 is 1.41 bits per heavy atom. The summed E-state index contributed by atoms with van der Waals surface area (Å²) in [7, 11) is 0. The molecule has 0 radical (unpaired) electrons. The van der Waals surface area contributed by atoms with Crippen LogP contribution >= 0.6 is 0 Å². The van der Waals surface area contributed by atoms with Crippen molar-refractivity contribution < 1.29 is 4.74 Å². The van der Waals surface area contributed by atoms with E-state index in [9.17, 15) is 0 Å². The monoisotopic (exact) mass is 233 g/mol. The van der Waals surface area contributed by atoms with Gasteiger partial charge in [0.05, 0.1) is 6.61 Å². The minimum absolute atomic E-state index is 0.515. The first kappa shape index (κ1) is 12.4. The van der Waals surface area contributed by atoms with Gasteiger partial charge in [-0.3, -0.25) is 0 Å². The maximum absolute atomic E-state index is 5.98. The van der Waals surface area contributed by atoms with Crippen LogP contribution in [0.1, 0.15) is 56.1 Å². The van der Waals surface area contributed by atoms with Crippen LogP contribution in [0.25, 0.3) is 0 Å². The first-order chi connectivity index (χ1) is 8.24. The van der Waals surface area contributed by atoms with Crippen molar-refractivity contribution in [2.24, 2.45) is 5.73 Å². The van der Waals surface area contributed by atoms with E-state index in [-0.39, 0.29) is 0 Å². The second kappa shape index (κ2) is 5.54. The molecule has 17 heavy (non-hydrogen) atoms. The molecule has 1 heterocycles. The molecule has 1 aliphatic heterocycles. The topological polar surface area (TPSA) is 35.2 Å². The zero-order valence-corrected chi connectivity index (χ0v) is 10.9. The molecule has 2 heteroatoms. The normalized spacial score (nSPS) is 19.6. The summed E-state index contributed by atoms with van der Waals surface area (Å²) < 4.78 is 5.98. The number of fused-ring (bicyclic) bond motifs is 1. The molecule has 1 aromatic carbocycles. The number of hydrogen-bond donors (Lipinski definition) is 1. The molecule has 0 bridgehead atoms. The van der Waals surface area contributed by atoms with Crippen LogP contribution < -0.4 is 10.5 Å². The summed E-state index contributed by atoms with van der Waals surface area (Å²) >= 11 is 0. The van der Waals surface area contributed by atoms with Crippen LogP contribution in [0.2, 0.25) is 0 Å². The number of rotatable bonds is 3. The zero-order valence-electron chi connectivity index (χ0n) is 10.9. The lowest BCUT2D eigenvalue weighted by Crippen LogP contribution is -2.07. The molecule has 0 amide bonds. The van der Waals surface area contributed by atoms with Crippen LogP contribution in [0.5, 0.6) is 5.75 Å². The molecule has 0 saturated heterocycles. The fraction of sp³-hybridized carbons (Fsp3) is 0.600. The van der Waals surface area contributed by atoms with Gasteiger partial charge in [0.2, 0.25) is 0 Å². The molecule has 0 aliphatic carbocycles. The molecule has 0 aromatic heterocycles. The lowest BCUT2D eigenvalue weighted by Gasteiger charge is -2.19. The van der Waals surface area contributed by atoms with Crippen LogP contribution in [0, 0.1) is 0 Å². The molecule has 1 aromatic rings. The highest BCUT2D eigenvalue weighted by Gasteiger charge is 2.22. The number of ether oxygens (including phenoxy) is 1. The predicted octanol–water partition coefficient (Wildman–Crippen LogP) is 3.42. The molecule has 1 unspecified atom stereocenters. The van der Waals surface area contributed by atoms with E-state index in [0.29, 0.717) is 11.8 Å². The number of para-hydroxylation sites is 1. The fourth-order valence-electron chi connectivity index (χ4n) is 2.68. The van der Waals surface area contributed by atoms with Crippen molar-refractivity contribution >= 4 is 0 Å². The molecule has 1 atom stereocenters. The number of benzene rings is 1. The Morgan fingerprint density at radius 2 is 2.24 bits per heavy atom. The summed E-state index contributed by atoms with van der Waals surface area (Å²) in [4.78, 5) is 0. The molecule has 0 fully saturated rings. The van der Waals surface area contributed by atoms with E-state index in [1.165, 1.54) is 17.5 Å². The smallest absolute Gasteiger partial charge is 0.126 e. The lowest BCUT2D eigenvalue weighted by molar-refractivity contribution is 0.312. The zero-order chi connectivity index (χ0) is 12.3. The summed E-state index contributed by atoms with van der Waals surface area (Å²) in [5, 5.41) is 0. The van der Waals surface area contributed by atoms with Gasteiger partial charge in [0.1, 0.15) is 5.75 Å². The molecule has 0 spiro atoms. The van der Waals surface area contributed by atoms with Crippen molar-refractivity contribution in [3.05, 3.63) is 29.3 Å². The van der Waals surface area contributed by atoms with Crippen LogP contribution in [0.3, 0.4) is 0 Å². The number of nitrogens with two attached hydrogens (primary N) is 1. The quantitative estimate of drug-likeness (QED) is 0.868. The molecule has 0 saturated carbocycles. The largest absolute Gasteiger partial charge is 0.493 e. The maximum atomic E-state index is 5.98. The van der Waals surface area contributed by atoms with Crippen molar-refractivity contribution in [3.8, 4) is 5.75 Å². The highest BCUT2D eigenvalue weighted by Crippen LogP contribution is 2.39. The Bertz CT molecular complexity index is 373. The second-order valence-electron chi connectivity index (χ2n) is 5.19. The lowest BCUT2D eigenvalue weighted by atomic mass is 9.88. The minimum atomic E-state index is 0.515. The van der Waals surface area contributed by atoms with Crippen LogP contribution in [-0.2, 0) is 0 Å². The summed E-state index contributed by atoms with van der Waals surface area (Å²) in [6.45, 7) is 6.05. The summed E-state index contributed by atoms with van der Waals surface area (Å²) in [5.74, 6) is 2.23. The molecule has 1 aliphatic rings. The van der Waals surface area contributed by atoms with Gasteiger partial charge in [-0.15, -0.1) is 0 Å². The summed E-state index contributed by atoms with van der Waals surface area (Å²) in [6.07, 6.45) is 3.40. The molecular formula is C15H23NO. The van der Waals surface area contributed by atoms with Crippen molar-refractivity contribution in [1.82, 2.24) is 0 Å². The number of hydrogen-bond acceptors (Lipinski definition) is 2. The van der Waals surface area contributed by atoms with Crippen molar-refractivity contribution in [2.45, 2.75) is 44.9 Å². The van der Waals surface area contributed by atoms with E-state index in [1.54, 1.807) is 0 Å². The second-order valence-corrected chi connectivity index (χ2v) is 5.19. The van der Waals surface area contributed by atoms with Gasteiger partial charge in [-0.25, -0.2) is 0 Å². The standard InChI is InChI=1S/C15H23NO/c1-11(2)13-6-3-7-14-12(8-9-16)5-4-10-17-15(13)14/h3,6-7,11-12H,4-5,8-10,16H2,1-2H3. The van der Waals surface area contributed by atoms with Crippen molar-refractivity contribution in [1.29, 1.82) is 0 Å². The van der Waals surface area contributed by atoms with Gasteiger partial charge in [0, 0.05) is 0 Å². The van der Waals surface area contributed by atoms with Gasteiger partial charge in [0.25, 0.3) is 0 Å². The molecule has 2 rings (SSSR count). The molecule has 2 N–H and O–H groups in total. The average molecular weight is 233 g/mol. The van der Waals surface area contributed by atoms with E-state index in [2.05, 4.69) is 32.0 Å². The van der Waals surface area contributed by atoms with Crippen LogP contribution in [0.4, 0.5) is 0 Å². The Morgan fingerprint density at radius 3 is 2.94 bits per heavy atom. The summed E-state index contributed by atoms with van der Waals surface area (Å²) in [6, 6.07) is 6.56. The average Bonchev–Trinajstić information content (AvgIpc) is 2.52. The Labute approximate surface area is 104 Å². The third kappa shape index (κ3) is 2.63. The van der Waals surface area contributed by atoms with E-state index in [4.69, 9.17) is 10.5 Å². The van der Waals surface area contributed by atoms with E-state index in [1.807, 2.05) is 0 Å². The van der Waals surface area contributed by atoms with E-state index >= 15 is 0 Å². The van der Waals surface area contributed by atoms with Crippen molar-refractivity contribution in [3.63, 3.8) is 0 Å². The van der Waals surface area contributed by atoms with E-state index in [0.717, 1.165) is 31.7 Å². The van der Waals surface area contributed by atoms with Gasteiger partial charge in [-0.05, 0) is 48.8 Å². The van der Waals surface area contributed by atoms with Crippen LogP contribution in [-0.4, -0.2) is 13.2 Å². The van der Waals surface area contributed by atoms with Crippen LogP contribution in [0.15, 0.2) is 18.2 Å². The van der Waals surface area contributed by atoms with Gasteiger partial charge >= 0.3 is 0 Å². The third-order valence-corrected chi connectivity index (χ3v) is 3.60. The maximum Gasteiger partial charge on any atom is 0.126 e. The SMILES string of the molecule is CC(C)c1cccc2c1OCCCC2CCN.